The first-order valence-electron chi connectivity index (χ1n) is 29.0. The van der Waals surface area contributed by atoms with Crippen LogP contribution in [-0.4, -0.2) is 28.7 Å². The third-order valence-electron chi connectivity index (χ3n) is 15.1. The van der Waals surface area contributed by atoms with Crippen LogP contribution >= 0.6 is 0 Å². The molecule has 0 atom stereocenters. The van der Waals surface area contributed by atoms with Gasteiger partial charge < -0.3 is 13.7 Å². The summed E-state index contributed by atoms with van der Waals surface area (Å²) in [5.74, 6) is 2.64. The number of nitrogens with zero attached hydrogens (tertiary/aromatic N) is 6. The molecule has 0 aliphatic heterocycles. The molecule has 0 spiro atoms. The maximum Gasteiger partial charge on any atom is 3.00 e. The third kappa shape index (κ3) is 12.5. The first-order valence-corrected chi connectivity index (χ1v) is 29.0. The van der Waals surface area contributed by atoms with E-state index in [0.29, 0.717) is 0 Å². The summed E-state index contributed by atoms with van der Waals surface area (Å²) in [7, 11) is 0. The predicted molar refractivity (Wildman–Crippen MR) is 356 cm³/mol. The molecule has 12 aromatic carbocycles. The summed E-state index contributed by atoms with van der Waals surface area (Å²) in [6.45, 7) is 0. The van der Waals surface area contributed by atoms with Crippen LogP contribution in [0.15, 0.2) is 347 Å². The van der Waals surface area contributed by atoms with Crippen molar-refractivity contribution in [2.75, 3.05) is 0 Å². The molecule has 15 aromatic rings. The number of aromatic nitrogens is 6. The van der Waals surface area contributed by atoms with Gasteiger partial charge in [0, 0.05) is 70.6 Å². The van der Waals surface area contributed by atoms with Crippen LogP contribution in [0.25, 0.3) is 118 Å². The van der Waals surface area contributed by atoms with Crippen molar-refractivity contribution in [1.82, 2.24) is 28.7 Å². The van der Waals surface area contributed by atoms with Gasteiger partial charge in [-0.15, -0.1) is 108 Å². The normalized spacial score (nSPS) is 10.6. The fraction of sp³-hybridized carbons (Fsp3) is 0. The van der Waals surface area contributed by atoms with E-state index in [1.165, 1.54) is 66.8 Å². The topological polar surface area (TPSA) is 53.5 Å². The van der Waals surface area contributed by atoms with Gasteiger partial charge in [-0.1, -0.05) is 237 Å². The molecule has 3 aromatic heterocycles. The van der Waals surface area contributed by atoms with Gasteiger partial charge in [0.1, 0.15) is 0 Å². The minimum absolute atomic E-state index is 0. The standard InChI is InChI=1S/3C27H19N2.Ir/c3*1-4-11-21(12-5-1)24-17-10-18-25(22-13-6-2-7-14-22)26(24)29-20-19-28-27(29)23-15-8-3-9-16-23;/h3*1-15,17-20H;/q3*-1;+3. The first-order chi connectivity index (χ1) is 43.2. The van der Waals surface area contributed by atoms with E-state index in [1.54, 1.807) is 0 Å². The van der Waals surface area contributed by atoms with E-state index in [1.807, 2.05) is 146 Å². The minimum Gasteiger partial charge on any atom is -0.339 e. The number of imidazole rings is 3. The molecule has 0 bridgehead atoms. The summed E-state index contributed by atoms with van der Waals surface area (Å²) < 4.78 is 6.53. The van der Waals surface area contributed by atoms with Gasteiger partial charge in [0.2, 0.25) is 0 Å². The number of hydrogen-bond acceptors (Lipinski definition) is 3. The van der Waals surface area contributed by atoms with E-state index in [-0.39, 0.29) is 20.1 Å². The molecule has 7 heteroatoms. The van der Waals surface area contributed by atoms with Crippen molar-refractivity contribution < 1.29 is 20.1 Å². The summed E-state index contributed by atoms with van der Waals surface area (Å²) in [6.07, 6.45) is 11.7. The van der Waals surface area contributed by atoms with Crippen LogP contribution in [0.1, 0.15) is 0 Å². The van der Waals surface area contributed by atoms with Gasteiger partial charge >= 0.3 is 20.1 Å². The molecular weight excluding hydrogens is 1250 g/mol. The molecule has 0 saturated carbocycles. The maximum atomic E-state index is 4.66. The van der Waals surface area contributed by atoms with E-state index >= 15 is 0 Å². The zero-order chi connectivity index (χ0) is 58.4. The number of para-hydroxylation sites is 3. The Morgan fingerprint density at radius 3 is 0.614 bits per heavy atom. The Balaban J connectivity index is 0.000000128. The minimum atomic E-state index is 0. The average molecular weight is 1310 g/mol. The van der Waals surface area contributed by atoms with Crippen molar-refractivity contribution in [3.8, 4) is 118 Å². The fourth-order valence-corrected chi connectivity index (χ4v) is 11.2. The monoisotopic (exact) mass is 1310 g/mol. The molecule has 88 heavy (non-hydrogen) atoms. The van der Waals surface area contributed by atoms with Crippen molar-refractivity contribution in [2.45, 2.75) is 0 Å². The van der Waals surface area contributed by atoms with Crippen molar-refractivity contribution in [2.24, 2.45) is 0 Å². The van der Waals surface area contributed by atoms with Crippen molar-refractivity contribution in [1.29, 1.82) is 0 Å². The quantitative estimate of drug-likeness (QED) is 0.115. The molecule has 15 rings (SSSR count). The Labute approximate surface area is 528 Å². The van der Waals surface area contributed by atoms with Crippen LogP contribution in [0, 0.1) is 18.2 Å². The molecule has 0 aliphatic carbocycles. The smallest absolute Gasteiger partial charge is 0.339 e. The number of benzene rings is 12. The predicted octanol–water partition coefficient (Wildman–Crippen LogP) is 20.0. The van der Waals surface area contributed by atoms with E-state index in [0.717, 1.165) is 51.2 Å². The van der Waals surface area contributed by atoms with Gasteiger partial charge in [-0.2, -0.15) is 0 Å². The van der Waals surface area contributed by atoms with Gasteiger partial charge in [0.15, 0.2) is 0 Å². The van der Waals surface area contributed by atoms with Crippen LogP contribution in [0.2, 0.25) is 0 Å². The molecule has 3 heterocycles. The van der Waals surface area contributed by atoms with Crippen molar-refractivity contribution in [3.63, 3.8) is 0 Å². The Kier molecular flexibility index (Phi) is 18.1. The molecule has 420 valence electrons. The number of hydrogen-bond donors (Lipinski definition) is 0. The van der Waals surface area contributed by atoms with Crippen LogP contribution in [-0.2, 0) is 20.1 Å². The second kappa shape index (κ2) is 27.7. The van der Waals surface area contributed by atoms with Crippen LogP contribution < -0.4 is 0 Å². The van der Waals surface area contributed by atoms with Gasteiger partial charge in [0.25, 0.3) is 0 Å². The fourth-order valence-electron chi connectivity index (χ4n) is 11.2. The second-order valence-electron chi connectivity index (χ2n) is 20.5. The molecule has 0 radical (unpaired) electrons. The van der Waals surface area contributed by atoms with E-state index in [4.69, 9.17) is 0 Å². The molecule has 0 N–H and O–H groups in total. The Hall–Kier alpha value is -11.1. The molecular formula is C81H57IrN6. The molecule has 6 nitrogen and oxygen atoms in total. The number of rotatable bonds is 12. The summed E-state index contributed by atoms with van der Waals surface area (Å²) in [5.41, 5.74) is 20.4. The summed E-state index contributed by atoms with van der Waals surface area (Å²) in [6, 6.07) is 116. The Morgan fingerprint density at radius 2 is 0.420 bits per heavy atom. The Morgan fingerprint density at radius 1 is 0.216 bits per heavy atom. The summed E-state index contributed by atoms with van der Waals surface area (Å²) >= 11 is 0. The van der Waals surface area contributed by atoms with Gasteiger partial charge in [-0.05, 0) is 33.4 Å². The van der Waals surface area contributed by atoms with Crippen LogP contribution in [0.3, 0.4) is 0 Å². The Bertz CT molecular complexity index is 3980. The van der Waals surface area contributed by atoms with E-state index in [2.05, 4.69) is 247 Å². The summed E-state index contributed by atoms with van der Waals surface area (Å²) in [4.78, 5) is 14.0. The maximum absolute atomic E-state index is 4.66. The van der Waals surface area contributed by atoms with Crippen molar-refractivity contribution >= 4 is 0 Å². The van der Waals surface area contributed by atoms with Crippen LogP contribution in [0.4, 0.5) is 0 Å². The third-order valence-corrected chi connectivity index (χ3v) is 15.1. The van der Waals surface area contributed by atoms with E-state index in [9.17, 15) is 0 Å². The SMILES string of the molecule is [Ir+3].[c-]1ccccc1-c1nccn1-c1c(-c2ccccc2)cccc1-c1ccccc1.[c-]1ccccc1-c1nccn1-c1c(-c2ccccc2)cccc1-c1ccccc1.[c-]1ccccc1-c1nccn1-c1c(-c2ccccc2)cccc1-c1ccccc1. The largest absolute Gasteiger partial charge is 3.00 e. The molecule has 0 saturated heterocycles. The zero-order valence-electron chi connectivity index (χ0n) is 47.9. The van der Waals surface area contributed by atoms with Crippen LogP contribution in [0.5, 0.6) is 0 Å². The van der Waals surface area contributed by atoms with Crippen molar-refractivity contribution in [3.05, 3.63) is 365 Å². The van der Waals surface area contributed by atoms with Gasteiger partial charge in [0.05, 0.1) is 34.5 Å². The molecule has 0 fully saturated rings. The van der Waals surface area contributed by atoms with Gasteiger partial charge in [-0.3, -0.25) is 15.0 Å². The van der Waals surface area contributed by atoms with E-state index < -0.39 is 0 Å². The molecule has 0 amide bonds. The second-order valence-corrected chi connectivity index (χ2v) is 20.5. The van der Waals surface area contributed by atoms with Gasteiger partial charge in [-0.25, -0.2) is 0 Å². The molecule has 0 aliphatic rings. The first kappa shape index (κ1) is 57.4. The summed E-state index contributed by atoms with van der Waals surface area (Å²) in [5, 5.41) is 0. The zero-order valence-corrected chi connectivity index (χ0v) is 50.3. The molecule has 0 unspecified atom stereocenters. The average Bonchev–Trinajstić information content (AvgIpc) is 2.37.